The molecule has 6 heteroatoms. The van der Waals surface area contributed by atoms with E-state index < -0.39 is 0 Å². The molecule has 2 aromatic rings. The van der Waals surface area contributed by atoms with Crippen LogP contribution in [0.15, 0.2) is 0 Å². The van der Waals surface area contributed by atoms with Crippen LogP contribution in [0.25, 0.3) is 9.88 Å². The van der Waals surface area contributed by atoms with Gasteiger partial charge in [-0.05, 0) is 6.42 Å². The minimum absolute atomic E-state index is 0.469. The molecule has 0 unspecified atom stereocenters. The molecule has 0 spiro atoms. The summed E-state index contributed by atoms with van der Waals surface area (Å²) in [6.07, 6.45) is 2.11. The van der Waals surface area contributed by atoms with E-state index >= 15 is 0 Å². The van der Waals surface area contributed by atoms with Gasteiger partial charge >= 0.3 is 0 Å². The van der Waals surface area contributed by atoms with Gasteiger partial charge in [-0.1, -0.05) is 38.5 Å². The predicted octanol–water partition coefficient (Wildman–Crippen LogP) is 3.78. The van der Waals surface area contributed by atoms with Crippen molar-refractivity contribution < 1.29 is 0 Å². The van der Waals surface area contributed by atoms with E-state index in [4.69, 9.17) is 4.98 Å². The lowest BCUT2D eigenvalue weighted by atomic mass is 10.2. The Morgan fingerprint density at radius 2 is 2.00 bits per heavy atom. The third-order valence-electron chi connectivity index (χ3n) is 2.53. The molecule has 0 bridgehead atoms. The van der Waals surface area contributed by atoms with Crippen molar-refractivity contribution in [2.45, 2.75) is 39.5 Å². The maximum absolute atomic E-state index is 4.75. The first-order valence-electron chi connectivity index (χ1n) is 6.16. The van der Waals surface area contributed by atoms with Crippen LogP contribution in [-0.2, 0) is 6.42 Å². The number of thiazole rings is 1. The first-order chi connectivity index (χ1) is 8.65. The second-order valence-corrected chi connectivity index (χ2v) is 6.40. The lowest BCUT2D eigenvalue weighted by Crippen LogP contribution is -1.89. The SMILES string of the molecule is CCCc1nc(C(C)C)sc1-c1nnc(NC)s1. The minimum atomic E-state index is 0.469. The van der Waals surface area contributed by atoms with Crippen LogP contribution >= 0.6 is 22.7 Å². The average Bonchev–Trinajstić information content (AvgIpc) is 2.94. The molecule has 2 rings (SSSR count). The Kier molecular flexibility index (Phi) is 4.29. The summed E-state index contributed by atoms with van der Waals surface area (Å²) in [5.41, 5.74) is 1.17. The normalized spacial score (nSPS) is 11.2. The molecule has 2 aromatic heterocycles. The fourth-order valence-corrected chi connectivity index (χ4v) is 3.51. The highest BCUT2D eigenvalue weighted by atomic mass is 32.1. The number of aromatic nitrogens is 3. The monoisotopic (exact) mass is 282 g/mol. The number of anilines is 1. The van der Waals surface area contributed by atoms with Gasteiger partial charge in [0.1, 0.15) is 0 Å². The summed E-state index contributed by atoms with van der Waals surface area (Å²) in [5, 5.41) is 14.4. The summed E-state index contributed by atoms with van der Waals surface area (Å²) in [4.78, 5) is 5.94. The van der Waals surface area contributed by atoms with Crippen LogP contribution in [0.5, 0.6) is 0 Å². The Morgan fingerprint density at radius 1 is 1.22 bits per heavy atom. The summed E-state index contributed by atoms with van der Waals surface area (Å²) in [6.45, 7) is 6.53. The molecule has 98 valence electrons. The molecule has 0 aliphatic carbocycles. The van der Waals surface area contributed by atoms with Crippen LogP contribution in [0.4, 0.5) is 5.13 Å². The van der Waals surface area contributed by atoms with E-state index in [1.807, 2.05) is 7.05 Å². The highest BCUT2D eigenvalue weighted by Crippen LogP contribution is 2.36. The molecule has 1 N–H and O–H groups in total. The maximum Gasteiger partial charge on any atom is 0.205 e. The van der Waals surface area contributed by atoms with Crippen molar-refractivity contribution in [3.05, 3.63) is 10.7 Å². The zero-order valence-electron chi connectivity index (χ0n) is 11.1. The van der Waals surface area contributed by atoms with Gasteiger partial charge in [0.05, 0.1) is 15.6 Å². The summed E-state index contributed by atoms with van der Waals surface area (Å²) in [5.74, 6) is 0.469. The highest BCUT2D eigenvalue weighted by Gasteiger charge is 2.17. The molecular formula is C12H18N4S2. The number of rotatable bonds is 5. The Bertz CT molecular complexity index is 516. The van der Waals surface area contributed by atoms with Crippen LogP contribution in [0, 0.1) is 0 Å². The van der Waals surface area contributed by atoms with Crippen LogP contribution in [0.1, 0.15) is 43.8 Å². The van der Waals surface area contributed by atoms with Gasteiger partial charge in [-0.25, -0.2) is 4.98 Å². The number of nitrogens with zero attached hydrogens (tertiary/aromatic N) is 3. The maximum atomic E-state index is 4.75. The van der Waals surface area contributed by atoms with Crippen LogP contribution in [0.2, 0.25) is 0 Å². The van der Waals surface area contributed by atoms with E-state index in [-0.39, 0.29) is 0 Å². The van der Waals surface area contributed by atoms with Crippen molar-refractivity contribution in [2.75, 3.05) is 12.4 Å². The lowest BCUT2D eigenvalue weighted by molar-refractivity contribution is 0.823. The standard InChI is InChI=1S/C12H18N4S2/c1-5-6-8-9(17-10(14-8)7(2)3)11-15-16-12(13-4)18-11/h7H,5-6H2,1-4H3,(H,13,16). The molecule has 0 amide bonds. The van der Waals surface area contributed by atoms with Crippen LogP contribution in [0.3, 0.4) is 0 Å². The number of nitrogens with one attached hydrogen (secondary N) is 1. The van der Waals surface area contributed by atoms with Gasteiger partial charge in [-0.2, -0.15) is 0 Å². The van der Waals surface area contributed by atoms with Crippen LogP contribution < -0.4 is 5.32 Å². The zero-order valence-corrected chi connectivity index (χ0v) is 12.8. The molecule has 0 aliphatic rings. The van der Waals surface area contributed by atoms with Gasteiger partial charge in [0, 0.05) is 13.0 Å². The number of hydrogen-bond donors (Lipinski definition) is 1. The van der Waals surface area contributed by atoms with Crippen molar-refractivity contribution in [1.29, 1.82) is 0 Å². The predicted molar refractivity (Wildman–Crippen MR) is 78.6 cm³/mol. The molecular weight excluding hydrogens is 264 g/mol. The van der Waals surface area contributed by atoms with Crippen molar-refractivity contribution in [3.8, 4) is 9.88 Å². The Morgan fingerprint density at radius 3 is 2.56 bits per heavy atom. The van der Waals surface area contributed by atoms with E-state index in [9.17, 15) is 0 Å². The number of hydrogen-bond acceptors (Lipinski definition) is 6. The fraction of sp³-hybridized carbons (Fsp3) is 0.583. The van der Waals surface area contributed by atoms with Crippen molar-refractivity contribution in [1.82, 2.24) is 15.2 Å². The quantitative estimate of drug-likeness (QED) is 0.906. The first kappa shape index (κ1) is 13.4. The summed E-state index contributed by atoms with van der Waals surface area (Å²) >= 11 is 3.34. The fourth-order valence-electron chi connectivity index (χ4n) is 1.61. The van der Waals surface area contributed by atoms with E-state index in [0.29, 0.717) is 5.92 Å². The van der Waals surface area contributed by atoms with E-state index in [1.54, 1.807) is 22.7 Å². The highest BCUT2D eigenvalue weighted by molar-refractivity contribution is 7.23. The molecule has 2 heterocycles. The Labute approximate surface area is 116 Å². The van der Waals surface area contributed by atoms with Crippen molar-refractivity contribution in [2.24, 2.45) is 0 Å². The molecule has 0 aromatic carbocycles. The Hall–Kier alpha value is -1.01. The minimum Gasteiger partial charge on any atom is -0.363 e. The summed E-state index contributed by atoms with van der Waals surface area (Å²) in [6, 6.07) is 0. The first-order valence-corrected chi connectivity index (χ1v) is 7.80. The molecule has 18 heavy (non-hydrogen) atoms. The molecule has 0 saturated heterocycles. The third-order valence-corrected chi connectivity index (χ3v) is 5.02. The molecule has 0 aliphatic heterocycles. The van der Waals surface area contributed by atoms with Gasteiger partial charge in [0.25, 0.3) is 0 Å². The second kappa shape index (κ2) is 5.75. The molecule has 4 nitrogen and oxygen atoms in total. The van der Waals surface area contributed by atoms with Gasteiger partial charge in [-0.15, -0.1) is 21.5 Å². The van der Waals surface area contributed by atoms with Crippen molar-refractivity contribution >= 4 is 27.8 Å². The smallest absolute Gasteiger partial charge is 0.205 e. The van der Waals surface area contributed by atoms with Gasteiger partial charge in [0.15, 0.2) is 5.01 Å². The summed E-state index contributed by atoms with van der Waals surface area (Å²) in [7, 11) is 1.86. The zero-order chi connectivity index (χ0) is 13.1. The molecule has 0 saturated carbocycles. The summed E-state index contributed by atoms with van der Waals surface area (Å²) < 4.78 is 0. The number of aryl methyl sites for hydroxylation is 1. The topological polar surface area (TPSA) is 50.7 Å². The second-order valence-electron chi connectivity index (χ2n) is 4.39. The van der Waals surface area contributed by atoms with Gasteiger partial charge in [0.2, 0.25) is 5.13 Å². The van der Waals surface area contributed by atoms with E-state index in [1.165, 1.54) is 15.6 Å². The largest absolute Gasteiger partial charge is 0.363 e. The van der Waals surface area contributed by atoms with E-state index in [0.717, 1.165) is 23.0 Å². The third kappa shape index (κ3) is 2.70. The van der Waals surface area contributed by atoms with Gasteiger partial charge < -0.3 is 5.32 Å². The lowest BCUT2D eigenvalue weighted by Gasteiger charge is -1.96. The molecule has 0 atom stereocenters. The van der Waals surface area contributed by atoms with Crippen LogP contribution in [-0.4, -0.2) is 22.2 Å². The Balaban J connectivity index is 2.40. The van der Waals surface area contributed by atoms with E-state index in [2.05, 4.69) is 36.3 Å². The molecule has 0 fully saturated rings. The van der Waals surface area contributed by atoms with Crippen molar-refractivity contribution in [3.63, 3.8) is 0 Å². The van der Waals surface area contributed by atoms with Gasteiger partial charge in [-0.3, -0.25) is 0 Å². The molecule has 0 radical (unpaired) electrons. The average molecular weight is 282 g/mol.